The molecule has 0 heterocycles. The number of carbonyl (C=O) groups is 1. The highest BCUT2D eigenvalue weighted by Gasteiger charge is 2.42. The Morgan fingerprint density at radius 1 is 1.35 bits per heavy atom. The number of rotatable bonds is 4. The van der Waals surface area contributed by atoms with Crippen molar-refractivity contribution in [1.82, 2.24) is 0 Å². The van der Waals surface area contributed by atoms with Crippen LogP contribution in [0.15, 0.2) is 18.2 Å². The molecule has 2 rings (SSSR count). The number of halogens is 2. The highest BCUT2D eigenvalue weighted by Crippen LogP contribution is 2.41. The van der Waals surface area contributed by atoms with Crippen molar-refractivity contribution in [3.63, 3.8) is 0 Å². The van der Waals surface area contributed by atoms with Gasteiger partial charge in [0.15, 0.2) is 11.6 Å². The summed E-state index contributed by atoms with van der Waals surface area (Å²) in [6.07, 6.45) is 2.44. The topological polar surface area (TPSA) is 43.1 Å². The predicted molar refractivity (Wildman–Crippen MR) is 60.4 cm³/mol. The second-order valence-corrected chi connectivity index (χ2v) is 4.65. The van der Waals surface area contributed by atoms with Crippen molar-refractivity contribution in [3.8, 4) is 0 Å². The SMILES string of the molecule is NCC1(C(=O)Cc2cccc(F)c2F)CCC1. The maximum atomic E-state index is 13.4. The fourth-order valence-corrected chi connectivity index (χ4v) is 2.25. The van der Waals surface area contributed by atoms with Gasteiger partial charge in [-0.2, -0.15) is 0 Å². The molecule has 0 atom stereocenters. The molecular weight excluding hydrogens is 224 g/mol. The van der Waals surface area contributed by atoms with Crippen LogP contribution in [0.25, 0.3) is 0 Å². The lowest BCUT2D eigenvalue weighted by Crippen LogP contribution is -2.45. The van der Waals surface area contributed by atoms with Gasteiger partial charge >= 0.3 is 0 Å². The van der Waals surface area contributed by atoms with Crippen molar-refractivity contribution in [3.05, 3.63) is 35.4 Å². The molecule has 2 N–H and O–H groups in total. The molecule has 1 aromatic rings. The largest absolute Gasteiger partial charge is 0.329 e. The van der Waals surface area contributed by atoms with E-state index in [9.17, 15) is 13.6 Å². The normalized spacial score (nSPS) is 17.6. The minimum atomic E-state index is -0.924. The predicted octanol–water partition coefficient (Wildman–Crippen LogP) is 2.21. The van der Waals surface area contributed by atoms with Crippen molar-refractivity contribution >= 4 is 5.78 Å². The summed E-state index contributed by atoms with van der Waals surface area (Å²) in [5.74, 6) is -1.91. The van der Waals surface area contributed by atoms with Gasteiger partial charge in [0.2, 0.25) is 0 Å². The standard InChI is InChI=1S/C13H15F2NO/c14-10-4-1-3-9(12(10)15)7-11(17)13(8-16)5-2-6-13/h1,3-4H,2,5-8,16H2. The Kier molecular flexibility index (Phi) is 3.24. The van der Waals surface area contributed by atoms with Crippen LogP contribution in [0.1, 0.15) is 24.8 Å². The molecule has 0 unspecified atom stereocenters. The summed E-state index contributed by atoms with van der Waals surface area (Å²) in [6, 6.07) is 3.90. The molecule has 92 valence electrons. The van der Waals surface area contributed by atoms with E-state index in [1.54, 1.807) is 0 Å². The molecule has 1 aliphatic carbocycles. The first kappa shape index (κ1) is 12.2. The molecule has 0 bridgehead atoms. The number of carbonyl (C=O) groups excluding carboxylic acids is 1. The molecule has 0 radical (unpaired) electrons. The highest BCUT2D eigenvalue weighted by atomic mass is 19.2. The lowest BCUT2D eigenvalue weighted by molar-refractivity contribution is -0.132. The highest BCUT2D eigenvalue weighted by molar-refractivity contribution is 5.87. The van der Waals surface area contributed by atoms with Crippen LogP contribution in [0.5, 0.6) is 0 Å². The van der Waals surface area contributed by atoms with Gasteiger partial charge in [-0.1, -0.05) is 18.6 Å². The fourth-order valence-electron chi connectivity index (χ4n) is 2.25. The number of benzene rings is 1. The lowest BCUT2D eigenvalue weighted by atomic mass is 9.65. The number of Topliss-reactive ketones (excluding diaryl/α,β-unsaturated/α-hetero) is 1. The maximum Gasteiger partial charge on any atom is 0.162 e. The van der Waals surface area contributed by atoms with Crippen molar-refractivity contribution in [1.29, 1.82) is 0 Å². The molecule has 2 nitrogen and oxygen atoms in total. The molecule has 4 heteroatoms. The zero-order valence-electron chi connectivity index (χ0n) is 9.51. The number of ketones is 1. The molecule has 1 aromatic carbocycles. The summed E-state index contributed by atoms with van der Waals surface area (Å²) in [7, 11) is 0. The van der Waals surface area contributed by atoms with Gasteiger partial charge in [-0.15, -0.1) is 0 Å². The van der Waals surface area contributed by atoms with Gasteiger partial charge in [0.25, 0.3) is 0 Å². The van der Waals surface area contributed by atoms with Crippen LogP contribution in [0.2, 0.25) is 0 Å². The van der Waals surface area contributed by atoms with Crippen molar-refractivity contribution in [2.75, 3.05) is 6.54 Å². The minimum Gasteiger partial charge on any atom is -0.329 e. The third-order valence-corrected chi connectivity index (χ3v) is 3.68. The molecule has 0 amide bonds. The van der Waals surface area contributed by atoms with Crippen LogP contribution in [-0.4, -0.2) is 12.3 Å². The summed E-state index contributed by atoms with van der Waals surface area (Å²) < 4.78 is 26.4. The fraction of sp³-hybridized carbons (Fsp3) is 0.462. The summed E-state index contributed by atoms with van der Waals surface area (Å²) in [4.78, 5) is 12.0. The zero-order chi connectivity index (χ0) is 12.5. The lowest BCUT2D eigenvalue weighted by Gasteiger charge is -2.39. The van der Waals surface area contributed by atoms with Gasteiger partial charge in [0.05, 0.1) is 0 Å². The second kappa shape index (κ2) is 4.53. The van der Waals surface area contributed by atoms with E-state index >= 15 is 0 Å². The Labute approximate surface area is 98.8 Å². The molecular formula is C13H15F2NO. The average molecular weight is 239 g/mol. The summed E-state index contributed by atoms with van der Waals surface area (Å²) in [6.45, 7) is 0.294. The van der Waals surface area contributed by atoms with Crippen LogP contribution in [0.4, 0.5) is 8.78 Å². The summed E-state index contributed by atoms with van der Waals surface area (Å²) in [5.41, 5.74) is 5.24. The Bertz CT molecular complexity index is 436. The van der Waals surface area contributed by atoms with Crippen molar-refractivity contribution < 1.29 is 13.6 Å². The first-order valence-electron chi connectivity index (χ1n) is 5.75. The van der Waals surface area contributed by atoms with Crippen LogP contribution < -0.4 is 5.73 Å². The molecule has 1 saturated carbocycles. The van der Waals surface area contributed by atoms with Gasteiger partial charge in [-0.05, 0) is 24.5 Å². The Morgan fingerprint density at radius 2 is 2.06 bits per heavy atom. The van der Waals surface area contributed by atoms with E-state index in [0.717, 1.165) is 25.3 Å². The maximum absolute atomic E-state index is 13.4. The zero-order valence-corrected chi connectivity index (χ0v) is 9.51. The number of hydrogen-bond acceptors (Lipinski definition) is 2. The van der Waals surface area contributed by atoms with E-state index in [4.69, 9.17) is 5.73 Å². The van der Waals surface area contributed by atoms with E-state index < -0.39 is 17.0 Å². The van der Waals surface area contributed by atoms with E-state index in [1.807, 2.05) is 0 Å². The molecule has 1 fully saturated rings. The van der Waals surface area contributed by atoms with Gasteiger partial charge in [-0.25, -0.2) is 8.78 Å². The van der Waals surface area contributed by atoms with E-state index in [2.05, 4.69) is 0 Å². The summed E-state index contributed by atoms with van der Waals surface area (Å²) >= 11 is 0. The van der Waals surface area contributed by atoms with Gasteiger partial charge in [0, 0.05) is 18.4 Å². The van der Waals surface area contributed by atoms with Gasteiger partial charge in [0.1, 0.15) is 5.78 Å². The van der Waals surface area contributed by atoms with Gasteiger partial charge in [-0.3, -0.25) is 4.79 Å². The first-order valence-corrected chi connectivity index (χ1v) is 5.75. The smallest absolute Gasteiger partial charge is 0.162 e. The van der Waals surface area contributed by atoms with Crippen LogP contribution in [-0.2, 0) is 11.2 Å². The third-order valence-electron chi connectivity index (χ3n) is 3.68. The quantitative estimate of drug-likeness (QED) is 0.875. The Balaban J connectivity index is 2.16. The molecule has 0 aromatic heterocycles. The molecule has 0 saturated heterocycles. The third kappa shape index (κ3) is 2.09. The Hall–Kier alpha value is -1.29. The molecule has 1 aliphatic rings. The summed E-state index contributed by atoms with van der Waals surface area (Å²) in [5, 5.41) is 0. The molecule has 0 spiro atoms. The van der Waals surface area contributed by atoms with Crippen molar-refractivity contribution in [2.45, 2.75) is 25.7 Å². The van der Waals surface area contributed by atoms with E-state index in [0.29, 0.717) is 6.54 Å². The minimum absolute atomic E-state index is 0.0687. The van der Waals surface area contributed by atoms with Gasteiger partial charge < -0.3 is 5.73 Å². The van der Waals surface area contributed by atoms with Crippen LogP contribution in [0.3, 0.4) is 0 Å². The number of hydrogen-bond donors (Lipinski definition) is 1. The van der Waals surface area contributed by atoms with E-state index in [1.165, 1.54) is 12.1 Å². The van der Waals surface area contributed by atoms with Crippen LogP contribution in [0, 0.1) is 17.0 Å². The first-order chi connectivity index (χ1) is 8.09. The number of nitrogens with two attached hydrogens (primary N) is 1. The molecule has 0 aliphatic heterocycles. The average Bonchev–Trinajstić information content (AvgIpc) is 2.24. The monoisotopic (exact) mass is 239 g/mol. The molecule has 17 heavy (non-hydrogen) atoms. The second-order valence-electron chi connectivity index (χ2n) is 4.65. The van der Waals surface area contributed by atoms with Crippen molar-refractivity contribution in [2.24, 2.45) is 11.1 Å². The van der Waals surface area contributed by atoms with Crippen LogP contribution >= 0.6 is 0 Å². The Morgan fingerprint density at radius 3 is 2.59 bits per heavy atom. The van der Waals surface area contributed by atoms with E-state index in [-0.39, 0.29) is 17.8 Å².